The Labute approximate surface area is 194 Å². The van der Waals surface area contributed by atoms with Crippen molar-refractivity contribution in [3.63, 3.8) is 0 Å². The lowest BCUT2D eigenvalue weighted by Gasteiger charge is -2.11. The van der Waals surface area contributed by atoms with E-state index in [-0.39, 0.29) is 24.0 Å². The van der Waals surface area contributed by atoms with Crippen molar-refractivity contribution in [3.05, 3.63) is 107 Å². The maximum atomic E-state index is 12.2. The third-order valence-corrected chi connectivity index (χ3v) is 4.63. The van der Waals surface area contributed by atoms with Gasteiger partial charge >= 0.3 is 5.69 Å². The minimum Gasteiger partial charge on any atom is -0.457 e. The summed E-state index contributed by atoms with van der Waals surface area (Å²) in [6, 6.07) is 25.3. The molecule has 0 spiro atoms. The second kappa shape index (κ2) is 10.6. The van der Waals surface area contributed by atoms with E-state index in [0.29, 0.717) is 17.2 Å². The first-order valence-corrected chi connectivity index (χ1v) is 10.3. The standard InChI is InChI=1S/C24H20N6O4/c31-21(15-17-7-3-1-4-8-17)28-29-24-22(30(32)33)23(25-16-26-24)27-18-11-13-20(14-12-18)34-19-9-5-2-6-10-19/h1-14,16H,15H2,(H,28,31)(H2,25,26,27,29). The average Bonchev–Trinajstić information content (AvgIpc) is 2.85. The lowest BCUT2D eigenvalue weighted by Crippen LogP contribution is -2.31. The van der Waals surface area contributed by atoms with Crippen molar-refractivity contribution in [2.45, 2.75) is 6.42 Å². The van der Waals surface area contributed by atoms with Crippen LogP contribution in [0.3, 0.4) is 0 Å². The van der Waals surface area contributed by atoms with E-state index < -0.39 is 10.6 Å². The van der Waals surface area contributed by atoms with Gasteiger partial charge in [0.1, 0.15) is 17.8 Å². The highest BCUT2D eigenvalue weighted by atomic mass is 16.6. The number of nitro groups is 1. The molecule has 34 heavy (non-hydrogen) atoms. The van der Waals surface area contributed by atoms with Crippen molar-refractivity contribution in [1.82, 2.24) is 15.4 Å². The van der Waals surface area contributed by atoms with Crippen LogP contribution >= 0.6 is 0 Å². The van der Waals surface area contributed by atoms with Gasteiger partial charge in [-0.25, -0.2) is 9.97 Å². The van der Waals surface area contributed by atoms with E-state index in [9.17, 15) is 14.9 Å². The second-order valence-electron chi connectivity index (χ2n) is 7.08. The van der Waals surface area contributed by atoms with Crippen molar-refractivity contribution in [1.29, 1.82) is 0 Å². The van der Waals surface area contributed by atoms with Crippen LogP contribution in [0.4, 0.5) is 23.0 Å². The molecule has 1 aromatic heterocycles. The highest BCUT2D eigenvalue weighted by Gasteiger charge is 2.23. The van der Waals surface area contributed by atoms with Crippen LogP contribution in [0.2, 0.25) is 0 Å². The number of hydrogen-bond acceptors (Lipinski definition) is 8. The van der Waals surface area contributed by atoms with Crippen molar-refractivity contribution >= 4 is 28.9 Å². The van der Waals surface area contributed by atoms with Gasteiger partial charge in [-0.15, -0.1) is 0 Å². The van der Waals surface area contributed by atoms with E-state index >= 15 is 0 Å². The van der Waals surface area contributed by atoms with E-state index in [1.165, 1.54) is 0 Å². The van der Waals surface area contributed by atoms with Crippen LogP contribution in [0.15, 0.2) is 91.3 Å². The molecule has 0 saturated carbocycles. The van der Waals surface area contributed by atoms with E-state index in [1.807, 2.05) is 60.7 Å². The Morgan fingerprint density at radius 2 is 1.47 bits per heavy atom. The molecule has 0 atom stereocenters. The Morgan fingerprint density at radius 1 is 0.853 bits per heavy atom. The number of hydrogen-bond donors (Lipinski definition) is 3. The van der Waals surface area contributed by atoms with Gasteiger partial charge in [0.25, 0.3) is 0 Å². The predicted octanol–water partition coefficient (Wildman–Crippen LogP) is 4.61. The van der Waals surface area contributed by atoms with Crippen molar-refractivity contribution in [2.75, 3.05) is 10.7 Å². The fraction of sp³-hybridized carbons (Fsp3) is 0.0417. The number of hydrazine groups is 1. The number of aromatic nitrogens is 2. The Balaban J connectivity index is 1.44. The van der Waals surface area contributed by atoms with Crippen LogP contribution in [0.5, 0.6) is 11.5 Å². The SMILES string of the molecule is O=C(Cc1ccccc1)NNc1ncnc(Nc2ccc(Oc3ccccc3)cc2)c1[N+](=O)[O-]. The zero-order valence-corrected chi connectivity index (χ0v) is 17.8. The van der Waals surface area contributed by atoms with Crippen molar-refractivity contribution < 1.29 is 14.5 Å². The maximum Gasteiger partial charge on any atom is 0.355 e. The smallest absolute Gasteiger partial charge is 0.355 e. The van der Waals surface area contributed by atoms with Gasteiger partial charge in [-0.3, -0.25) is 25.8 Å². The van der Waals surface area contributed by atoms with E-state index in [2.05, 4.69) is 26.1 Å². The van der Waals surface area contributed by atoms with Gasteiger partial charge in [0.15, 0.2) is 0 Å². The Kier molecular flexibility index (Phi) is 6.89. The Morgan fingerprint density at radius 3 is 2.15 bits per heavy atom. The maximum absolute atomic E-state index is 12.2. The second-order valence-corrected chi connectivity index (χ2v) is 7.08. The first-order chi connectivity index (χ1) is 16.6. The fourth-order valence-corrected chi connectivity index (χ4v) is 3.06. The molecule has 0 fully saturated rings. The van der Waals surface area contributed by atoms with Crippen LogP contribution < -0.4 is 20.9 Å². The van der Waals surface area contributed by atoms with E-state index in [4.69, 9.17) is 4.74 Å². The number of anilines is 3. The molecule has 4 rings (SSSR count). The Hall–Kier alpha value is -4.99. The molecule has 0 aliphatic rings. The molecule has 0 radical (unpaired) electrons. The van der Waals surface area contributed by atoms with Gasteiger partial charge in [0.05, 0.1) is 11.3 Å². The molecule has 0 saturated heterocycles. The van der Waals surface area contributed by atoms with E-state index in [1.54, 1.807) is 24.3 Å². The van der Waals surface area contributed by atoms with Gasteiger partial charge in [-0.2, -0.15) is 0 Å². The number of amides is 1. The highest BCUT2D eigenvalue weighted by Crippen LogP contribution is 2.31. The summed E-state index contributed by atoms with van der Waals surface area (Å²) < 4.78 is 5.75. The molecule has 3 N–H and O–H groups in total. The monoisotopic (exact) mass is 456 g/mol. The predicted molar refractivity (Wildman–Crippen MR) is 127 cm³/mol. The van der Waals surface area contributed by atoms with Crippen molar-refractivity contribution in [2.24, 2.45) is 0 Å². The lowest BCUT2D eigenvalue weighted by atomic mass is 10.1. The first kappa shape index (κ1) is 22.2. The molecule has 1 amide bonds. The molecule has 0 aliphatic carbocycles. The minimum atomic E-state index is -0.624. The summed E-state index contributed by atoms with van der Waals surface area (Å²) in [6.07, 6.45) is 1.27. The quantitative estimate of drug-likeness (QED) is 0.246. The van der Waals surface area contributed by atoms with Gasteiger partial charge in [-0.1, -0.05) is 48.5 Å². The fourth-order valence-electron chi connectivity index (χ4n) is 3.06. The van der Waals surface area contributed by atoms with Crippen LogP contribution in [0.1, 0.15) is 5.56 Å². The first-order valence-electron chi connectivity index (χ1n) is 10.3. The van der Waals surface area contributed by atoms with Crippen LogP contribution in [-0.4, -0.2) is 20.8 Å². The number of nitrogens with one attached hydrogen (secondary N) is 3. The molecule has 0 unspecified atom stereocenters. The Bertz CT molecular complexity index is 1270. The average molecular weight is 456 g/mol. The summed E-state index contributed by atoms with van der Waals surface area (Å²) in [5.41, 5.74) is 5.91. The third kappa shape index (κ3) is 5.82. The number of rotatable bonds is 9. The summed E-state index contributed by atoms with van der Waals surface area (Å²) >= 11 is 0. The number of benzene rings is 3. The summed E-state index contributed by atoms with van der Waals surface area (Å²) in [7, 11) is 0. The molecule has 0 aliphatic heterocycles. The zero-order valence-electron chi connectivity index (χ0n) is 17.8. The summed E-state index contributed by atoms with van der Waals surface area (Å²) in [5, 5.41) is 14.7. The molecular formula is C24H20N6O4. The molecule has 10 heteroatoms. The van der Waals surface area contributed by atoms with Crippen molar-refractivity contribution in [3.8, 4) is 11.5 Å². The number of ether oxygens (including phenoxy) is 1. The molecule has 10 nitrogen and oxygen atoms in total. The lowest BCUT2D eigenvalue weighted by molar-refractivity contribution is -0.383. The summed E-state index contributed by atoms with van der Waals surface area (Å²) in [5.74, 6) is 0.754. The number of para-hydroxylation sites is 1. The van der Waals surface area contributed by atoms with Crippen LogP contribution in [0, 0.1) is 10.1 Å². The van der Waals surface area contributed by atoms with Gasteiger partial charge in [-0.05, 0) is 42.0 Å². The third-order valence-electron chi connectivity index (χ3n) is 4.63. The zero-order chi connectivity index (χ0) is 23.8. The molecule has 170 valence electrons. The molecule has 0 bridgehead atoms. The highest BCUT2D eigenvalue weighted by molar-refractivity contribution is 5.81. The number of carbonyl (C=O) groups excluding carboxylic acids is 1. The number of carbonyl (C=O) groups is 1. The normalized spacial score (nSPS) is 10.2. The largest absolute Gasteiger partial charge is 0.457 e. The molecule has 1 heterocycles. The topological polar surface area (TPSA) is 131 Å². The van der Waals surface area contributed by atoms with Gasteiger partial charge in [0, 0.05) is 5.69 Å². The minimum absolute atomic E-state index is 0.0310. The molecule has 4 aromatic rings. The van der Waals surface area contributed by atoms with Gasteiger partial charge in [0.2, 0.25) is 17.5 Å². The van der Waals surface area contributed by atoms with Crippen LogP contribution in [0.25, 0.3) is 0 Å². The van der Waals surface area contributed by atoms with Gasteiger partial charge < -0.3 is 10.1 Å². The van der Waals surface area contributed by atoms with E-state index in [0.717, 1.165) is 11.9 Å². The molecule has 3 aromatic carbocycles. The number of nitrogens with zero attached hydrogens (tertiary/aromatic N) is 3. The summed E-state index contributed by atoms with van der Waals surface area (Å²) in [4.78, 5) is 31.2. The van der Waals surface area contributed by atoms with Crippen LogP contribution in [-0.2, 0) is 11.2 Å². The summed E-state index contributed by atoms with van der Waals surface area (Å²) in [6.45, 7) is 0. The molecular weight excluding hydrogens is 436 g/mol.